The molecular weight excluding hydrogens is 423 g/mol. The van der Waals surface area contributed by atoms with Crippen molar-refractivity contribution in [1.29, 1.82) is 5.26 Å². The number of fused-ring (bicyclic) bond motifs is 1. The molecule has 9 heteroatoms. The molecule has 2 saturated heterocycles. The van der Waals surface area contributed by atoms with Crippen LogP contribution in [0, 0.1) is 22.7 Å². The van der Waals surface area contributed by atoms with Gasteiger partial charge >= 0.3 is 6.18 Å². The predicted molar refractivity (Wildman–Crippen MR) is 110 cm³/mol. The van der Waals surface area contributed by atoms with Crippen LogP contribution in [0.3, 0.4) is 0 Å². The van der Waals surface area contributed by atoms with Crippen LogP contribution in [-0.2, 0) is 10.9 Å². The molecule has 2 fully saturated rings. The van der Waals surface area contributed by atoms with Crippen LogP contribution in [0.4, 0.5) is 18.9 Å². The maximum Gasteiger partial charge on any atom is 0.417 e. The van der Waals surface area contributed by atoms with Crippen molar-refractivity contribution in [3.05, 3.63) is 53.5 Å². The Balaban J connectivity index is 1.61. The number of halogens is 3. The fourth-order valence-electron chi connectivity index (χ4n) is 4.90. The number of carbonyl (C=O) groups is 1. The number of nitrogens with zero attached hydrogens (tertiary/aromatic N) is 3. The molecule has 32 heavy (non-hydrogen) atoms. The Hall–Kier alpha value is -2.99. The highest BCUT2D eigenvalue weighted by Crippen LogP contribution is 2.45. The first-order valence-corrected chi connectivity index (χ1v) is 10.5. The van der Waals surface area contributed by atoms with E-state index in [4.69, 9.17) is 14.4 Å². The number of hydrogen-bond donors (Lipinski definition) is 0. The lowest BCUT2D eigenvalue weighted by Crippen LogP contribution is -2.53. The molecule has 0 saturated carbocycles. The zero-order valence-corrected chi connectivity index (χ0v) is 17.7. The lowest BCUT2D eigenvalue weighted by atomic mass is 9.73. The van der Waals surface area contributed by atoms with Crippen molar-refractivity contribution in [2.45, 2.75) is 19.5 Å². The molecule has 4 rings (SSSR count). The Labute approximate surface area is 184 Å². The maximum atomic E-state index is 13.5. The fourth-order valence-corrected chi connectivity index (χ4v) is 4.90. The second-order valence-corrected chi connectivity index (χ2v) is 8.44. The number of anilines is 1. The Kier molecular flexibility index (Phi) is 5.91. The van der Waals surface area contributed by atoms with Crippen molar-refractivity contribution in [2.24, 2.45) is 11.3 Å². The number of benzene rings is 1. The first-order chi connectivity index (χ1) is 15.3. The van der Waals surface area contributed by atoms with Crippen LogP contribution in [0.5, 0.6) is 0 Å². The van der Waals surface area contributed by atoms with Crippen molar-refractivity contribution in [3.8, 4) is 6.07 Å². The van der Waals surface area contributed by atoms with Gasteiger partial charge in [-0.2, -0.15) is 18.4 Å². The Morgan fingerprint density at radius 2 is 2.16 bits per heavy atom. The third-order valence-electron chi connectivity index (χ3n) is 6.51. The van der Waals surface area contributed by atoms with Gasteiger partial charge in [-0.25, -0.2) is 0 Å². The summed E-state index contributed by atoms with van der Waals surface area (Å²) in [7, 11) is 0. The van der Waals surface area contributed by atoms with Gasteiger partial charge in [0, 0.05) is 43.9 Å². The molecule has 1 aromatic carbocycles. The normalized spacial score (nSPS) is 23.2. The van der Waals surface area contributed by atoms with Crippen molar-refractivity contribution in [1.82, 2.24) is 4.90 Å². The van der Waals surface area contributed by atoms with E-state index >= 15 is 0 Å². The van der Waals surface area contributed by atoms with Crippen LogP contribution in [0.2, 0.25) is 0 Å². The molecule has 2 aliphatic heterocycles. The highest BCUT2D eigenvalue weighted by atomic mass is 19.4. The molecule has 0 unspecified atom stereocenters. The Morgan fingerprint density at radius 3 is 2.81 bits per heavy atom. The molecule has 170 valence electrons. The summed E-state index contributed by atoms with van der Waals surface area (Å²) in [5, 5.41) is 9.08. The molecule has 2 aliphatic rings. The number of hydrogen-bond acceptors (Lipinski definition) is 5. The zero-order chi connectivity index (χ0) is 22.9. The summed E-state index contributed by atoms with van der Waals surface area (Å²) in [6.07, 6.45) is -1.00. The summed E-state index contributed by atoms with van der Waals surface area (Å²) in [6, 6.07) is 7.10. The van der Waals surface area contributed by atoms with E-state index in [1.807, 2.05) is 11.8 Å². The monoisotopic (exact) mass is 447 g/mol. The average Bonchev–Trinajstić information content (AvgIpc) is 3.44. The van der Waals surface area contributed by atoms with Crippen molar-refractivity contribution in [2.75, 3.05) is 44.3 Å². The summed E-state index contributed by atoms with van der Waals surface area (Å²) in [5.74, 6) is 0.0525. The zero-order valence-electron chi connectivity index (χ0n) is 17.7. The maximum absolute atomic E-state index is 13.5. The van der Waals surface area contributed by atoms with Crippen molar-refractivity contribution < 1.29 is 27.1 Å². The highest BCUT2D eigenvalue weighted by Gasteiger charge is 2.51. The third-order valence-corrected chi connectivity index (χ3v) is 6.51. The number of alkyl halides is 3. The molecule has 2 aromatic rings. The SMILES string of the molecule is CCOC[C@]12CN(C(=O)c3ccoc3)CC[C@H]1CN(c1ccc(C#N)c(C(F)(F)F)c1)C2. The summed E-state index contributed by atoms with van der Waals surface area (Å²) in [6.45, 7) is 4.89. The number of ether oxygens (including phenoxy) is 1. The molecule has 0 N–H and O–H groups in total. The topological polar surface area (TPSA) is 69.7 Å². The van der Waals surface area contributed by atoms with Crippen LogP contribution in [-0.4, -0.2) is 50.2 Å². The summed E-state index contributed by atoms with van der Waals surface area (Å²) < 4.78 is 51.2. The smallest absolute Gasteiger partial charge is 0.417 e. The molecule has 2 atom stereocenters. The second kappa shape index (κ2) is 8.51. The minimum atomic E-state index is -4.61. The number of likely N-dealkylation sites (tertiary alicyclic amines) is 1. The summed E-state index contributed by atoms with van der Waals surface area (Å²) >= 11 is 0. The third kappa shape index (κ3) is 4.07. The molecule has 1 aromatic heterocycles. The van der Waals surface area contributed by atoms with E-state index in [-0.39, 0.29) is 17.2 Å². The Bertz CT molecular complexity index is 1020. The number of rotatable bonds is 5. The molecule has 6 nitrogen and oxygen atoms in total. The lowest BCUT2D eigenvalue weighted by Gasteiger charge is -2.43. The number of nitriles is 1. The van der Waals surface area contributed by atoms with Gasteiger partial charge in [-0.1, -0.05) is 0 Å². The van der Waals surface area contributed by atoms with E-state index < -0.39 is 17.3 Å². The largest absolute Gasteiger partial charge is 0.472 e. The highest BCUT2D eigenvalue weighted by molar-refractivity contribution is 5.94. The van der Waals surface area contributed by atoms with Crippen LogP contribution < -0.4 is 4.90 Å². The predicted octanol–water partition coefficient (Wildman–Crippen LogP) is 4.18. The van der Waals surface area contributed by atoms with E-state index in [1.54, 1.807) is 23.1 Å². The number of furan rings is 1. The van der Waals surface area contributed by atoms with Crippen molar-refractivity contribution >= 4 is 11.6 Å². The number of piperidine rings is 1. The quantitative estimate of drug-likeness (QED) is 0.688. The van der Waals surface area contributed by atoms with Gasteiger partial charge in [-0.05, 0) is 43.5 Å². The van der Waals surface area contributed by atoms with Crippen LogP contribution in [0.25, 0.3) is 0 Å². The van der Waals surface area contributed by atoms with Crippen LogP contribution >= 0.6 is 0 Å². The minimum Gasteiger partial charge on any atom is -0.472 e. The van der Waals surface area contributed by atoms with Crippen LogP contribution in [0.1, 0.15) is 34.8 Å². The summed E-state index contributed by atoms with van der Waals surface area (Å²) in [5.41, 5.74) is -0.803. The van der Waals surface area contributed by atoms with Gasteiger partial charge in [0.15, 0.2) is 0 Å². The molecule has 1 amide bonds. The van der Waals surface area contributed by atoms with Gasteiger partial charge in [-0.15, -0.1) is 0 Å². The molecular formula is C23H24F3N3O3. The van der Waals surface area contributed by atoms with E-state index in [9.17, 15) is 18.0 Å². The van der Waals surface area contributed by atoms with E-state index in [0.29, 0.717) is 50.6 Å². The molecule has 0 bridgehead atoms. The molecule has 0 radical (unpaired) electrons. The fraction of sp³-hybridized carbons (Fsp3) is 0.478. The van der Waals surface area contributed by atoms with Gasteiger partial charge in [0.05, 0.1) is 35.6 Å². The van der Waals surface area contributed by atoms with Gasteiger partial charge in [0.25, 0.3) is 5.91 Å². The Morgan fingerprint density at radius 1 is 1.34 bits per heavy atom. The van der Waals surface area contributed by atoms with E-state index in [0.717, 1.165) is 12.5 Å². The standard InChI is InChI=1S/C23H24F3N3O3/c1-2-31-15-22-13-28(21(30)17-6-8-32-12-17)7-5-18(22)11-29(14-22)19-4-3-16(10-27)20(9-19)23(24,25)26/h3-4,6,8-9,12,18H,2,5,7,11,13-15H2,1H3/t18-,22+/m0/s1. The van der Waals surface area contributed by atoms with Gasteiger partial charge < -0.3 is 19.0 Å². The second-order valence-electron chi connectivity index (χ2n) is 8.44. The van der Waals surface area contributed by atoms with E-state index in [2.05, 4.69) is 0 Å². The lowest BCUT2D eigenvalue weighted by molar-refractivity contribution is -0.137. The van der Waals surface area contributed by atoms with E-state index in [1.165, 1.54) is 18.6 Å². The van der Waals surface area contributed by atoms with Gasteiger partial charge in [0.1, 0.15) is 6.26 Å². The molecule has 0 spiro atoms. The number of amides is 1. The first-order valence-electron chi connectivity index (χ1n) is 10.5. The minimum absolute atomic E-state index is 0.121. The molecule has 3 heterocycles. The summed E-state index contributed by atoms with van der Waals surface area (Å²) in [4.78, 5) is 16.6. The molecule has 0 aliphatic carbocycles. The van der Waals surface area contributed by atoms with Gasteiger partial charge in [-0.3, -0.25) is 4.79 Å². The first kappa shape index (κ1) is 22.2. The average molecular weight is 447 g/mol. The van der Waals surface area contributed by atoms with Gasteiger partial charge in [0.2, 0.25) is 0 Å². The number of carbonyl (C=O) groups excluding carboxylic acids is 1. The van der Waals surface area contributed by atoms with Crippen molar-refractivity contribution in [3.63, 3.8) is 0 Å². The van der Waals surface area contributed by atoms with Crippen LogP contribution in [0.15, 0.2) is 41.2 Å².